The molecule has 3 unspecified atom stereocenters. The number of carbonyl (C=O) groups excluding carboxylic acids is 3. The van der Waals surface area contributed by atoms with Gasteiger partial charge in [-0.2, -0.15) is 0 Å². The topological polar surface area (TPSA) is 155 Å². The van der Waals surface area contributed by atoms with Gasteiger partial charge in [-0.3, -0.25) is 23.4 Å². The molecular weight excluding hydrogens is 952 g/mol. The SMILES string of the molecule is CC/C=C\C/C=C\C/C=C\C/C=C\CCCCCCC(=O)OC(COC(=O)CCCCCCCCCCCCCCCCC)COP(=O)(O)OCC(CO)OC(=O)CCCCCCC/C=C\CCCCCCCC. The first kappa shape index (κ1) is 71.2. The van der Waals surface area contributed by atoms with Gasteiger partial charge in [-0.1, -0.05) is 236 Å². The van der Waals surface area contributed by atoms with Crippen molar-refractivity contribution < 1.29 is 52.2 Å². The van der Waals surface area contributed by atoms with Crippen LogP contribution in [-0.2, 0) is 42.2 Å². The molecule has 0 aliphatic carbocycles. The molecule has 0 rings (SSSR count). The summed E-state index contributed by atoms with van der Waals surface area (Å²) < 4.78 is 39.6. The molecule has 0 bridgehead atoms. The molecule has 0 aliphatic rings. The number of phosphoric acid groups is 1. The van der Waals surface area contributed by atoms with Gasteiger partial charge >= 0.3 is 25.7 Å². The predicted molar refractivity (Wildman–Crippen MR) is 307 cm³/mol. The molecule has 0 aliphatic heterocycles. The van der Waals surface area contributed by atoms with Gasteiger partial charge in [-0.25, -0.2) is 4.57 Å². The maximum Gasteiger partial charge on any atom is 0.472 e. The van der Waals surface area contributed by atoms with Gasteiger partial charge in [0.1, 0.15) is 12.7 Å². The van der Waals surface area contributed by atoms with E-state index in [1.807, 2.05) is 0 Å². The number of aliphatic hydroxyl groups is 1. The molecule has 0 heterocycles. The van der Waals surface area contributed by atoms with Crippen molar-refractivity contribution in [1.29, 1.82) is 0 Å². The minimum Gasteiger partial charge on any atom is -0.462 e. The molecule has 0 amide bonds. The molecule has 11 nitrogen and oxygen atoms in total. The Bertz CT molecular complexity index is 1470. The van der Waals surface area contributed by atoms with Crippen LogP contribution in [-0.4, -0.2) is 66.5 Å². The highest BCUT2D eigenvalue weighted by Gasteiger charge is 2.28. The van der Waals surface area contributed by atoms with Gasteiger partial charge in [0.2, 0.25) is 0 Å². The fraction of sp³-hybridized carbons (Fsp3) is 0.790. The Hall–Kier alpha value is -2.82. The van der Waals surface area contributed by atoms with E-state index in [9.17, 15) is 28.9 Å². The highest BCUT2D eigenvalue weighted by atomic mass is 31.2. The molecule has 0 fully saturated rings. The van der Waals surface area contributed by atoms with Crippen LogP contribution in [0.1, 0.15) is 278 Å². The van der Waals surface area contributed by atoms with Gasteiger partial charge in [-0.05, 0) is 83.5 Å². The van der Waals surface area contributed by atoms with E-state index >= 15 is 0 Å². The maximum absolute atomic E-state index is 12.9. The largest absolute Gasteiger partial charge is 0.472 e. The van der Waals surface area contributed by atoms with E-state index < -0.39 is 57.8 Å². The van der Waals surface area contributed by atoms with E-state index in [0.29, 0.717) is 19.3 Å². The van der Waals surface area contributed by atoms with E-state index in [4.69, 9.17) is 23.3 Å². The Morgan fingerprint density at radius 1 is 0.392 bits per heavy atom. The Labute approximate surface area is 453 Å². The molecule has 3 atom stereocenters. The van der Waals surface area contributed by atoms with Gasteiger partial charge in [0.25, 0.3) is 0 Å². The third-order valence-corrected chi connectivity index (χ3v) is 13.9. The molecule has 0 radical (unpaired) electrons. The van der Waals surface area contributed by atoms with E-state index in [1.54, 1.807) is 0 Å². The number of unbranched alkanes of at least 4 members (excludes halogenated alkanes) is 29. The highest BCUT2D eigenvalue weighted by molar-refractivity contribution is 7.47. The number of ether oxygens (including phenoxy) is 3. The van der Waals surface area contributed by atoms with Crippen LogP contribution in [0.15, 0.2) is 60.8 Å². The fourth-order valence-electron chi connectivity index (χ4n) is 8.34. The third-order valence-electron chi connectivity index (χ3n) is 12.9. The summed E-state index contributed by atoms with van der Waals surface area (Å²) in [7, 11) is -4.76. The summed E-state index contributed by atoms with van der Waals surface area (Å²) in [6, 6.07) is 0. The average Bonchev–Trinajstić information content (AvgIpc) is 3.39. The van der Waals surface area contributed by atoms with E-state index in [-0.39, 0.29) is 25.9 Å². The fourth-order valence-corrected chi connectivity index (χ4v) is 9.13. The Morgan fingerprint density at radius 2 is 0.703 bits per heavy atom. The molecule has 430 valence electrons. The van der Waals surface area contributed by atoms with Gasteiger partial charge < -0.3 is 24.2 Å². The lowest BCUT2D eigenvalue weighted by Crippen LogP contribution is -2.30. The van der Waals surface area contributed by atoms with Gasteiger partial charge in [-0.15, -0.1) is 0 Å². The molecule has 12 heteroatoms. The molecule has 0 aromatic rings. The zero-order valence-corrected chi connectivity index (χ0v) is 48.5. The van der Waals surface area contributed by atoms with E-state index in [1.165, 1.54) is 109 Å². The zero-order valence-electron chi connectivity index (χ0n) is 47.6. The second kappa shape index (κ2) is 56.4. The number of phosphoric ester groups is 1. The number of carbonyl (C=O) groups is 3. The van der Waals surface area contributed by atoms with E-state index in [0.717, 1.165) is 109 Å². The van der Waals surface area contributed by atoms with Gasteiger partial charge in [0.05, 0.1) is 19.8 Å². The molecule has 0 spiro atoms. The summed E-state index contributed by atoms with van der Waals surface area (Å²) in [5.74, 6) is -1.49. The molecular formula is C62H111O11P. The Morgan fingerprint density at radius 3 is 1.09 bits per heavy atom. The molecule has 0 aromatic carbocycles. The van der Waals surface area contributed by atoms with Crippen LogP contribution >= 0.6 is 7.82 Å². The van der Waals surface area contributed by atoms with Crippen LogP contribution in [0.25, 0.3) is 0 Å². The minimum atomic E-state index is -4.76. The molecule has 0 saturated heterocycles. The van der Waals surface area contributed by atoms with Crippen LogP contribution in [0.4, 0.5) is 0 Å². The van der Waals surface area contributed by atoms with Gasteiger partial charge in [0, 0.05) is 19.3 Å². The molecule has 2 N–H and O–H groups in total. The smallest absolute Gasteiger partial charge is 0.462 e. The number of hydrogen-bond donors (Lipinski definition) is 2. The van der Waals surface area contributed by atoms with Crippen molar-refractivity contribution in [2.75, 3.05) is 26.4 Å². The van der Waals surface area contributed by atoms with Crippen LogP contribution in [0.2, 0.25) is 0 Å². The Kier molecular flexibility index (Phi) is 54.2. The minimum absolute atomic E-state index is 0.140. The van der Waals surface area contributed by atoms with Crippen LogP contribution < -0.4 is 0 Å². The lowest BCUT2D eigenvalue weighted by Gasteiger charge is -2.21. The standard InChI is InChI=1S/C62H111O11P/c1-4-7-10-13-16-19-22-25-28-29-32-35-38-41-44-47-50-53-62(66)73-59(55-69-60(64)51-48-45-42-39-36-33-30-26-23-20-17-14-11-8-5-2)57-71-74(67,68)70-56-58(54-63)72-61(65)52-49-46-43-40-37-34-31-27-24-21-18-15-12-9-6-3/h7,10,16,19,25,27-28,31-32,35,58-59,63H,4-6,8-9,11-15,17-18,20-24,26,29-30,33-34,36-57H2,1-3H3,(H,67,68)/b10-7-,19-16-,28-25-,31-27-,35-32-. The van der Waals surface area contributed by atoms with Crippen LogP contribution in [0.3, 0.4) is 0 Å². The third kappa shape index (κ3) is 54.0. The summed E-state index contributed by atoms with van der Waals surface area (Å²) >= 11 is 0. The second-order valence-corrected chi connectivity index (χ2v) is 21.6. The summed E-state index contributed by atoms with van der Waals surface area (Å²) in [4.78, 5) is 48.6. The van der Waals surface area contributed by atoms with Crippen LogP contribution in [0.5, 0.6) is 0 Å². The number of hydrogen-bond acceptors (Lipinski definition) is 10. The number of allylic oxidation sites excluding steroid dienone is 10. The van der Waals surface area contributed by atoms with Gasteiger partial charge in [0.15, 0.2) is 6.10 Å². The maximum atomic E-state index is 12.9. The lowest BCUT2D eigenvalue weighted by atomic mass is 10.0. The number of esters is 3. The first-order valence-electron chi connectivity index (χ1n) is 30.2. The summed E-state index contributed by atoms with van der Waals surface area (Å²) in [6.45, 7) is 4.52. The van der Waals surface area contributed by atoms with Crippen molar-refractivity contribution in [1.82, 2.24) is 0 Å². The van der Waals surface area contributed by atoms with Crippen molar-refractivity contribution in [3.05, 3.63) is 60.8 Å². The first-order chi connectivity index (χ1) is 36.2. The normalized spacial score (nSPS) is 13.7. The second-order valence-electron chi connectivity index (χ2n) is 20.1. The van der Waals surface area contributed by atoms with Crippen molar-refractivity contribution in [3.8, 4) is 0 Å². The lowest BCUT2D eigenvalue weighted by molar-refractivity contribution is -0.161. The zero-order chi connectivity index (χ0) is 54.1. The monoisotopic (exact) mass is 1060 g/mol. The van der Waals surface area contributed by atoms with Crippen molar-refractivity contribution >= 4 is 25.7 Å². The summed E-state index contributed by atoms with van der Waals surface area (Å²) in [5, 5.41) is 9.82. The Balaban J connectivity index is 4.74. The summed E-state index contributed by atoms with van der Waals surface area (Å²) in [6.07, 6.45) is 61.7. The van der Waals surface area contributed by atoms with Crippen LogP contribution in [0, 0.1) is 0 Å². The molecule has 0 aromatic heterocycles. The molecule has 0 saturated carbocycles. The van der Waals surface area contributed by atoms with Crippen molar-refractivity contribution in [3.63, 3.8) is 0 Å². The average molecular weight is 1060 g/mol. The van der Waals surface area contributed by atoms with E-state index in [2.05, 4.69) is 81.5 Å². The molecule has 74 heavy (non-hydrogen) atoms. The highest BCUT2D eigenvalue weighted by Crippen LogP contribution is 2.43. The number of rotatable bonds is 56. The quantitative estimate of drug-likeness (QED) is 0.0197. The number of aliphatic hydroxyl groups excluding tert-OH is 1. The first-order valence-corrected chi connectivity index (χ1v) is 31.7. The summed E-state index contributed by atoms with van der Waals surface area (Å²) in [5.41, 5.74) is 0. The van der Waals surface area contributed by atoms with Crippen molar-refractivity contribution in [2.24, 2.45) is 0 Å². The van der Waals surface area contributed by atoms with Crippen molar-refractivity contribution in [2.45, 2.75) is 290 Å². The predicted octanol–water partition coefficient (Wildman–Crippen LogP) is 17.9.